The molecule has 82 valence electrons. The number of ether oxygens (including phenoxy) is 2. The van der Waals surface area contributed by atoms with Crippen molar-refractivity contribution in [3.63, 3.8) is 0 Å². The minimum Gasteiger partial charge on any atom is -0.383 e. The summed E-state index contributed by atoms with van der Waals surface area (Å²) >= 11 is 0. The number of nitrogens with zero attached hydrogens (tertiary/aromatic N) is 1. The molecule has 1 aliphatic heterocycles. The van der Waals surface area contributed by atoms with Crippen molar-refractivity contribution < 1.29 is 14.3 Å². The van der Waals surface area contributed by atoms with E-state index in [1.165, 1.54) is 0 Å². The van der Waals surface area contributed by atoms with Crippen LogP contribution in [0.25, 0.3) is 0 Å². The van der Waals surface area contributed by atoms with Crippen LogP contribution in [0.5, 0.6) is 0 Å². The van der Waals surface area contributed by atoms with Crippen molar-refractivity contribution in [1.82, 2.24) is 4.90 Å². The molecule has 0 unspecified atom stereocenters. The van der Waals surface area contributed by atoms with Gasteiger partial charge in [-0.25, -0.2) is 0 Å². The second kappa shape index (κ2) is 5.32. The van der Waals surface area contributed by atoms with Crippen molar-refractivity contribution in [2.24, 2.45) is 0 Å². The molecular formula is C10H19NO3. The lowest BCUT2D eigenvalue weighted by molar-refractivity contribution is -0.150. The highest BCUT2D eigenvalue weighted by Crippen LogP contribution is 2.26. The number of carbonyl (C=O) groups excluding carboxylic acids is 1. The molecule has 0 saturated carbocycles. The van der Waals surface area contributed by atoms with Crippen molar-refractivity contribution >= 4 is 5.91 Å². The van der Waals surface area contributed by atoms with E-state index in [1.807, 2.05) is 11.8 Å². The summed E-state index contributed by atoms with van der Waals surface area (Å²) in [5.74, 6) is 0.195. The van der Waals surface area contributed by atoms with Gasteiger partial charge in [-0.05, 0) is 6.42 Å². The summed E-state index contributed by atoms with van der Waals surface area (Å²) in [6.45, 7) is 3.15. The van der Waals surface area contributed by atoms with Gasteiger partial charge in [-0.3, -0.25) is 4.79 Å². The minimum absolute atomic E-state index is 0.195. The van der Waals surface area contributed by atoms with Gasteiger partial charge in [0, 0.05) is 20.6 Å². The Morgan fingerprint density at radius 1 is 1.29 bits per heavy atom. The summed E-state index contributed by atoms with van der Waals surface area (Å²) in [5.41, 5.74) is 0. The monoisotopic (exact) mass is 201 g/mol. The largest absolute Gasteiger partial charge is 0.383 e. The summed E-state index contributed by atoms with van der Waals surface area (Å²) in [5, 5.41) is 0. The second-order valence-electron chi connectivity index (χ2n) is 3.61. The van der Waals surface area contributed by atoms with Crippen molar-refractivity contribution in [3.8, 4) is 0 Å². The fraction of sp³-hybridized carbons (Fsp3) is 0.900. The number of carbonyl (C=O) groups is 1. The van der Waals surface area contributed by atoms with Crippen molar-refractivity contribution in [3.05, 3.63) is 0 Å². The molecule has 0 aromatic heterocycles. The highest BCUT2D eigenvalue weighted by molar-refractivity contribution is 5.77. The fourth-order valence-electron chi connectivity index (χ4n) is 1.97. The van der Waals surface area contributed by atoms with Crippen LogP contribution in [-0.2, 0) is 14.3 Å². The van der Waals surface area contributed by atoms with Gasteiger partial charge in [-0.2, -0.15) is 0 Å². The Kier molecular flexibility index (Phi) is 4.35. The van der Waals surface area contributed by atoms with Gasteiger partial charge in [0.05, 0.1) is 25.3 Å². The zero-order chi connectivity index (χ0) is 10.6. The molecule has 14 heavy (non-hydrogen) atoms. The van der Waals surface area contributed by atoms with Crippen LogP contribution in [0.3, 0.4) is 0 Å². The minimum atomic E-state index is 0.195. The molecule has 1 rings (SSSR count). The molecule has 0 radical (unpaired) electrons. The molecule has 2 atom stereocenters. The Balaban J connectivity index is 2.47. The average Bonchev–Trinajstić information content (AvgIpc) is 2.16. The number of hydrogen-bond donors (Lipinski definition) is 0. The number of hydrogen-bond acceptors (Lipinski definition) is 3. The lowest BCUT2D eigenvalue weighted by Gasteiger charge is -2.48. The van der Waals surface area contributed by atoms with Crippen molar-refractivity contribution in [1.29, 1.82) is 0 Å². The molecule has 0 spiro atoms. The van der Waals surface area contributed by atoms with Crippen LogP contribution in [0, 0.1) is 0 Å². The maximum Gasteiger partial charge on any atom is 0.222 e. The van der Waals surface area contributed by atoms with E-state index in [0.717, 1.165) is 6.42 Å². The van der Waals surface area contributed by atoms with Gasteiger partial charge in [0.1, 0.15) is 0 Å². The van der Waals surface area contributed by atoms with Crippen LogP contribution in [0.2, 0.25) is 0 Å². The van der Waals surface area contributed by atoms with E-state index in [1.54, 1.807) is 14.2 Å². The first kappa shape index (κ1) is 11.5. The van der Waals surface area contributed by atoms with E-state index < -0.39 is 0 Å². The van der Waals surface area contributed by atoms with Crippen LogP contribution in [0.1, 0.15) is 19.8 Å². The van der Waals surface area contributed by atoms with Gasteiger partial charge in [0.15, 0.2) is 0 Å². The predicted octanol–water partition coefficient (Wildman–Crippen LogP) is 0.659. The van der Waals surface area contributed by atoms with Gasteiger partial charge in [-0.1, -0.05) is 6.92 Å². The first-order valence-electron chi connectivity index (χ1n) is 5.03. The molecule has 0 bridgehead atoms. The third-order valence-corrected chi connectivity index (χ3v) is 2.64. The highest BCUT2D eigenvalue weighted by atomic mass is 16.5. The van der Waals surface area contributed by atoms with Crippen molar-refractivity contribution in [2.75, 3.05) is 27.4 Å². The van der Waals surface area contributed by atoms with Gasteiger partial charge in [0.2, 0.25) is 5.91 Å². The van der Waals surface area contributed by atoms with E-state index in [-0.39, 0.29) is 18.0 Å². The molecule has 1 amide bonds. The standard InChI is InChI=1S/C10H19NO3/c1-4-10(12)11-8(6-13-2)5-9(11)7-14-3/h8-9H,4-7H2,1-3H3/t8-,9-/m0/s1. The van der Waals surface area contributed by atoms with Gasteiger partial charge >= 0.3 is 0 Å². The zero-order valence-corrected chi connectivity index (χ0v) is 9.16. The Morgan fingerprint density at radius 2 is 1.79 bits per heavy atom. The SMILES string of the molecule is CCC(=O)N1[C@H](COC)C[C@H]1COC. The maximum atomic E-state index is 11.6. The quantitative estimate of drug-likeness (QED) is 0.656. The molecule has 1 saturated heterocycles. The summed E-state index contributed by atoms with van der Waals surface area (Å²) in [4.78, 5) is 13.5. The van der Waals surface area contributed by atoms with E-state index in [4.69, 9.17) is 9.47 Å². The normalized spacial score (nSPS) is 26.1. The van der Waals surface area contributed by atoms with E-state index in [0.29, 0.717) is 19.6 Å². The lowest BCUT2D eigenvalue weighted by atomic mass is 9.93. The number of rotatable bonds is 5. The summed E-state index contributed by atoms with van der Waals surface area (Å²) in [6, 6.07) is 0.514. The third kappa shape index (κ3) is 2.25. The average molecular weight is 201 g/mol. The predicted molar refractivity (Wildman–Crippen MR) is 53.1 cm³/mol. The Morgan fingerprint density at radius 3 is 2.14 bits per heavy atom. The van der Waals surface area contributed by atoms with Crippen LogP contribution >= 0.6 is 0 Å². The van der Waals surface area contributed by atoms with Gasteiger partial charge in [-0.15, -0.1) is 0 Å². The molecular weight excluding hydrogens is 182 g/mol. The molecule has 4 nitrogen and oxygen atoms in total. The molecule has 1 fully saturated rings. The highest BCUT2D eigenvalue weighted by Gasteiger charge is 2.40. The zero-order valence-electron chi connectivity index (χ0n) is 9.16. The molecule has 0 aromatic carbocycles. The van der Waals surface area contributed by atoms with E-state index in [2.05, 4.69) is 0 Å². The third-order valence-electron chi connectivity index (χ3n) is 2.64. The van der Waals surface area contributed by atoms with Gasteiger partial charge in [0.25, 0.3) is 0 Å². The van der Waals surface area contributed by atoms with Crippen LogP contribution in [-0.4, -0.2) is 50.3 Å². The molecule has 0 aliphatic carbocycles. The summed E-state index contributed by atoms with van der Waals surface area (Å²) in [7, 11) is 3.33. The molecule has 0 N–H and O–H groups in total. The topological polar surface area (TPSA) is 38.8 Å². The number of likely N-dealkylation sites (tertiary alicyclic amines) is 1. The summed E-state index contributed by atoms with van der Waals surface area (Å²) in [6.07, 6.45) is 1.55. The molecule has 1 aliphatic rings. The van der Waals surface area contributed by atoms with Crippen molar-refractivity contribution in [2.45, 2.75) is 31.8 Å². The maximum absolute atomic E-state index is 11.6. The Hall–Kier alpha value is -0.610. The molecule has 1 heterocycles. The first-order chi connectivity index (χ1) is 6.74. The van der Waals surface area contributed by atoms with Crippen LogP contribution in [0.15, 0.2) is 0 Å². The van der Waals surface area contributed by atoms with E-state index in [9.17, 15) is 4.79 Å². The lowest BCUT2D eigenvalue weighted by Crippen LogP contribution is -2.61. The fourth-order valence-corrected chi connectivity index (χ4v) is 1.97. The Bertz CT molecular complexity index is 184. The van der Waals surface area contributed by atoms with Crippen LogP contribution < -0.4 is 0 Å². The summed E-state index contributed by atoms with van der Waals surface area (Å²) < 4.78 is 10.1. The second-order valence-corrected chi connectivity index (χ2v) is 3.61. The smallest absolute Gasteiger partial charge is 0.222 e. The number of methoxy groups -OCH3 is 2. The van der Waals surface area contributed by atoms with Gasteiger partial charge < -0.3 is 14.4 Å². The van der Waals surface area contributed by atoms with E-state index >= 15 is 0 Å². The first-order valence-corrected chi connectivity index (χ1v) is 5.03. The Labute approximate surface area is 85.2 Å². The number of amides is 1. The van der Waals surface area contributed by atoms with Crippen LogP contribution in [0.4, 0.5) is 0 Å². The molecule has 0 aromatic rings. The molecule has 4 heteroatoms.